The maximum atomic E-state index is 11.1. The molecule has 0 saturated carbocycles. The number of carbonyl (C=O) groups excluding carboxylic acids is 1. The van der Waals surface area contributed by atoms with Crippen LogP contribution in [0.3, 0.4) is 0 Å². The van der Waals surface area contributed by atoms with Gasteiger partial charge < -0.3 is 10.2 Å². The van der Waals surface area contributed by atoms with E-state index in [1.165, 1.54) is 11.8 Å². The van der Waals surface area contributed by atoms with Crippen molar-refractivity contribution in [2.75, 3.05) is 24.2 Å². The molecule has 1 fully saturated rings. The molecule has 0 aliphatic carbocycles. The van der Waals surface area contributed by atoms with Gasteiger partial charge in [-0.2, -0.15) is 0 Å². The highest BCUT2D eigenvalue weighted by molar-refractivity contribution is 7.98. The zero-order valence-electron chi connectivity index (χ0n) is 10.7. The van der Waals surface area contributed by atoms with Crippen molar-refractivity contribution in [1.29, 1.82) is 0 Å². The first-order valence-electron chi connectivity index (χ1n) is 6.08. The summed E-state index contributed by atoms with van der Waals surface area (Å²) in [6, 6.07) is 2.15. The third-order valence-corrected chi connectivity index (χ3v) is 3.52. The van der Waals surface area contributed by atoms with E-state index >= 15 is 0 Å². The van der Waals surface area contributed by atoms with Crippen molar-refractivity contribution in [3.63, 3.8) is 0 Å². The van der Waals surface area contributed by atoms with Crippen molar-refractivity contribution in [1.82, 2.24) is 15.3 Å². The van der Waals surface area contributed by atoms with Gasteiger partial charge in [0, 0.05) is 32.3 Å². The average molecular weight is 266 g/mol. The summed E-state index contributed by atoms with van der Waals surface area (Å²) in [4.78, 5) is 22.0. The maximum Gasteiger partial charge on any atom is 0.217 e. The lowest BCUT2D eigenvalue weighted by Gasteiger charge is -2.33. The minimum atomic E-state index is 0.0364. The number of carbonyl (C=O) groups is 1. The first-order chi connectivity index (χ1) is 8.69. The van der Waals surface area contributed by atoms with Crippen LogP contribution in [0.25, 0.3) is 0 Å². The van der Waals surface area contributed by atoms with Gasteiger partial charge in [0.2, 0.25) is 5.91 Å². The monoisotopic (exact) mass is 266 g/mol. The van der Waals surface area contributed by atoms with Gasteiger partial charge in [0.1, 0.15) is 5.82 Å². The number of aromatic nitrogens is 2. The molecule has 1 amide bonds. The third kappa shape index (κ3) is 3.35. The van der Waals surface area contributed by atoms with Crippen molar-refractivity contribution in [3.8, 4) is 0 Å². The van der Waals surface area contributed by atoms with Crippen molar-refractivity contribution in [2.45, 2.75) is 31.0 Å². The Morgan fingerprint density at radius 3 is 3.17 bits per heavy atom. The minimum Gasteiger partial charge on any atom is -0.354 e. The van der Waals surface area contributed by atoms with E-state index in [-0.39, 0.29) is 11.9 Å². The third-order valence-electron chi connectivity index (χ3n) is 2.95. The summed E-state index contributed by atoms with van der Waals surface area (Å²) in [5.74, 6) is 0.985. The molecule has 0 bridgehead atoms. The fraction of sp³-hybridized carbons (Fsp3) is 0.583. The Hall–Kier alpha value is -1.30. The van der Waals surface area contributed by atoms with Gasteiger partial charge >= 0.3 is 0 Å². The fourth-order valence-corrected chi connectivity index (χ4v) is 2.55. The van der Waals surface area contributed by atoms with Gasteiger partial charge in [0.15, 0.2) is 5.16 Å². The molecule has 6 heteroatoms. The second-order valence-corrected chi connectivity index (χ2v) is 5.16. The Morgan fingerprint density at radius 1 is 1.61 bits per heavy atom. The molecule has 0 aromatic carbocycles. The van der Waals surface area contributed by atoms with Crippen LogP contribution in [-0.2, 0) is 4.79 Å². The molecule has 1 aromatic heterocycles. The molecule has 1 N–H and O–H groups in total. The molecular weight excluding hydrogens is 248 g/mol. The van der Waals surface area contributed by atoms with E-state index in [4.69, 9.17) is 0 Å². The first kappa shape index (κ1) is 13.1. The van der Waals surface area contributed by atoms with E-state index < -0.39 is 0 Å². The van der Waals surface area contributed by atoms with Crippen LogP contribution in [0, 0.1) is 0 Å². The first-order valence-corrected chi connectivity index (χ1v) is 7.30. The molecule has 1 saturated heterocycles. The van der Waals surface area contributed by atoms with Crippen molar-refractivity contribution >= 4 is 23.5 Å². The average Bonchev–Trinajstić information content (AvgIpc) is 2.38. The molecule has 2 rings (SSSR count). The smallest absolute Gasteiger partial charge is 0.217 e. The summed E-state index contributed by atoms with van der Waals surface area (Å²) in [6.07, 6.45) is 5.87. The summed E-state index contributed by atoms with van der Waals surface area (Å²) in [5, 5.41) is 3.77. The van der Waals surface area contributed by atoms with Crippen LogP contribution in [0.1, 0.15) is 19.8 Å². The largest absolute Gasteiger partial charge is 0.354 e. The number of amides is 1. The Bertz CT molecular complexity index is 426. The van der Waals surface area contributed by atoms with E-state index in [0.29, 0.717) is 0 Å². The van der Waals surface area contributed by atoms with Crippen molar-refractivity contribution in [2.24, 2.45) is 0 Å². The summed E-state index contributed by atoms with van der Waals surface area (Å²) in [5.41, 5.74) is 0. The lowest BCUT2D eigenvalue weighted by atomic mass is 10.1. The van der Waals surface area contributed by atoms with Crippen LogP contribution in [0.5, 0.6) is 0 Å². The van der Waals surface area contributed by atoms with E-state index in [2.05, 4.69) is 20.2 Å². The lowest BCUT2D eigenvalue weighted by molar-refractivity contribution is -0.119. The molecule has 1 aliphatic rings. The summed E-state index contributed by atoms with van der Waals surface area (Å²) < 4.78 is 0. The molecule has 1 atom stereocenters. The number of rotatable bonds is 3. The molecule has 1 unspecified atom stereocenters. The zero-order valence-corrected chi connectivity index (χ0v) is 11.5. The minimum absolute atomic E-state index is 0.0364. The summed E-state index contributed by atoms with van der Waals surface area (Å²) in [7, 11) is 0. The highest BCUT2D eigenvalue weighted by atomic mass is 32.2. The van der Waals surface area contributed by atoms with Crippen molar-refractivity contribution < 1.29 is 4.79 Å². The Kier molecular flexibility index (Phi) is 4.41. The van der Waals surface area contributed by atoms with Crippen LogP contribution >= 0.6 is 11.8 Å². The number of piperidine rings is 1. The number of thioether (sulfide) groups is 1. The number of nitrogens with zero attached hydrogens (tertiary/aromatic N) is 3. The Balaban J connectivity index is 2.05. The van der Waals surface area contributed by atoms with Crippen LogP contribution < -0.4 is 10.2 Å². The highest BCUT2D eigenvalue weighted by Gasteiger charge is 2.21. The molecule has 5 nitrogen and oxygen atoms in total. The number of hydrogen-bond donors (Lipinski definition) is 1. The second kappa shape index (κ2) is 6.04. The van der Waals surface area contributed by atoms with Gasteiger partial charge in [-0.05, 0) is 25.2 Å². The van der Waals surface area contributed by atoms with Crippen LogP contribution in [0.2, 0.25) is 0 Å². The van der Waals surface area contributed by atoms with Crippen LogP contribution in [0.15, 0.2) is 17.4 Å². The van der Waals surface area contributed by atoms with Gasteiger partial charge in [-0.25, -0.2) is 9.97 Å². The van der Waals surface area contributed by atoms with E-state index in [1.54, 1.807) is 13.1 Å². The van der Waals surface area contributed by atoms with Gasteiger partial charge in [0.05, 0.1) is 0 Å². The molecular formula is C12H18N4OS. The lowest BCUT2D eigenvalue weighted by Crippen LogP contribution is -2.47. The van der Waals surface area contributed by atoms with Gasteiger partial charge in [-0.15, -0.1) is 0 Å². The van der Waals surface area contributed by atoms with Crippen molar-refractivity contribution in [3.05, 3.63) is 12.3 Å². The molecule has 1 aromatic rings. The molecule has 0 radical (unpaired) electrons. The normalized spacial score (nSPS) is 19.7. The zero-order chi connectivity index (χ0) is 13.0. The van der Waals surface area contributed by atoms with Gasteiger partial charge in [-0.3, -0.25) is 4.79 Å². The molecule has 2 heterocycles. The number of nitrogens with one attached hydrogen (secondary N) is 1. The summed E-state index contributed by atoms with van der Waals surface area (Å²) in [6.45, 7) is 3.38. The second-order valence-electron chi connectivity index (χ2n) is 4.39. The Labute approximate surface area is 111 Å². The molecule has 1 aliphatic heterocycles. The van der Waals surface area contributed by atoms with E-state index in [0.717, 1.165) is 36.9 Å². The molecule has 0 spiro atoms. The quantitative estimate of drug-likeness (QED) is 0.660. The van der Waals surface area contributed by atoms with E-state index in [9.17, 15) is 4.79 Å². The maximum absolute atomic E-state index is 11.1. The van der Waals surface area contributed by atoms with Gasteiger partial charge in [-0.1, -0.05) is 11.8 Å². The predicted molar refractivity (Wildman–Crippen MR) is 72.9 cm³/mol. The number of anilines is 1. The highest BCUT2D eigenvalue weighted by Crippen LogP contribution is 2.19. The number of hydrogen-bond acceptors (Lipinski definition) is 5. The van der Waals surface area contributed by atoms with Crippen LogP contribution in [-0.4, -0.2) is 41.3 Å². The molecule has 18 heavy (non-hydrogen) atoms. The van der Waals surface area contributed by atoms with Crippen LogP contribution in [0.4, 0.5) is 5.82 Å². The standard InChI is InChI=1S/C12H18N4OS/c1-9(17)14-10-4-3-7-16(8-10)11-5-6-13-12(15-11)18-2/h5-6,10H,3-4,7-8H2,1-2H3,(H,14,17). The van der Waals surface area contributed by atoms with E-state index in [1.807, 2.05) is 12.3 Å². The predicted octanol–water partition coefficient (Wildman–Crippen LogP) is 1.30. The summed E-state index contributed by atoms with van der Waals surface area (Å²) >= 11 is 1.54. The fourth-order valence-electron chi connectivity index (χ4n) is 2.20. The topological polar surface area (TPSA) is 58.1 Å². The Morgan fingerprint density at radius 2 is 2.44 bits per heavy atom. The molecule has 98 valence electrons. The SMILES string of the molecule is CSc1nccc(N2CCCC(NC(C)=O)C2)n1. The van der Waals surface area contributed by atoms with Gasteiger partial charge in [0.25, 0.3) is 0 Å².